The molecule has 0 fully saturated rings. The van der Waals surface area contributed by atoms with Crippen LogP contribution in [0.4, 0.5) is 17.5 Å². The van der Waals surface area contributed by atoms with Crippen LogP contribution in [0.25, 0.3) is 0 Å². The first-order valence-corrected chi connectivity index (χ1v) is 6.71. The van der Waals surface area contributed by atoms with Gasteiger partial charge < -0.3 is 10.6 Å². The summed E-state index contributed by atoms with van der Waals surface area (Å²) < 4.78 is 0. The Balaban J connectivity index is 2.29. The van der Waals surface area contributed by atoms with Gasteiger partial charge in [-0.3, -0.25) is 10.1 Å². The molecule has 2 rings (SSSR count). The topological polar surface area (TPSA) is 106 Å². The van der Waals surface area contributed by atoms with Crippen LogP contribution in [0.15, 0.2) is 12.4 Å². The molecular formula is C11H14N6O2S. The predicted molar refractivity (Wildman–Crippen MR) is 77.1 cm³/mol. The molecule has 20 heavy (non-hydrogen) atoms. The number of aromatic nitrogens is 3. The van der Waals surface area contributed by atoms with Crippen LogP contribution in [-0.2, 0) is 0 Å². The maximum absolute atomic E-state index is 11.0. The van der Waals surface area contributed by atoms with Gasteiger partial charge in [0.2, 0.25) is 11.8 Å². The normalized spacial score (nSPS) is 11.9. The summed E-state index contributed by atoms with van der Waals surface area (Å²) in [6.45, 7) is 3.84. The van der Waals surface area contributed by atoms with Crippen molar-refractivity contribution in [2.45, 2.75) is 19.9 Å². The van der Waals surface area contributed by atoms with E-state index in [0.717, 1.165) is 9.88 Å². The first kappa shape index (κ1) is 14.1. The zero-order valence-electron chi connectivity index (χ0n) is 11.2. The molecule has 0 radical (unpaired) electrons. The summed E-state index contributed by atoms with van der Waals surface area (Å²) in [5.41, 5.74) is -0.163. The van der Waals surface area contributed by atoms with E-state index in [2.05, 4.69) is 25.6 Å². The van der Waals surface area contributed by atoms with Crippen LogP contribution in [0, 0.1) is 17.0 Å². The van der Waals surface area contributed by atoms with Crippen LogP contribution in [0.5, 0.6) is 0 Å². The lowest BCUT2D eigenvalue weighted by atomic mass is 10.3. The molecule has 1 atom stereocenters. The van der Waals surface area contributed by atoms with E-state index in [4.69, 9.17) is 0 Å². The Bertz CT molecular complexity index is 629. The second kappa shape index (κ2) is 5.78. The Kier molecular flexibility index (Phi) is 4.08. The first-order valence-electron chi connectivity index (χ1n) is 5.89. The third-order valence-corrected chi connectivity index (χ3v) is 3.65. The van der Waals surface area contributed by atoms with E-state index >= 15 is 0 Å². The lowest BCUT2D eigenvalue weighted by Gasteiger charge is -2.12. The minimum Gasteiger partial charge on any atom is -0.357 e. The number of rotatable bonds is 5. The molecule has 1 unspecified atom stereocenters. The van der Waals surface area contributed by atoms with Crippen LogP contribution in [0.2, 0.25) is 0 Å². The van der Waals surface area contributed by atoms with E-state index in [0.29, 0.717) is 5.95 Å². The van der Waals surface area contributed by atoms with Gasteiger partial charge in [-0.15, -0.1) is 11.3 Å². The molecule has 8 nitrogen and oxygen atoms in total. The molecule has 0 aliphatic carbocycles. The molecule has 0 aliphatic heterocycles. The molecule has 0 bridgehead atoms. The van der Waals surface area contributed by atoms with Crippen LogP contribution >= 0.6 is 11.3 Å². The highest BCUT2D eigenvalue weighted by Gasteiger charge is 2.20. The van der Waals surface area contributed by atoms with Crippen molar-refractivity contribution >= 4 is 28.8 Å². The molecule has 2 aromatic rings. The Hall–Kier alpha value is -2.29. The maximum Gasteiger partial charge on any atom is 0.329 e. The van der Waals surface area contributed by atoms with E-state index < -0.39 is 4.92 Å². The number of aryl methyl sites for hydroxylation is 1. The van der Waals surface area contributed by atoms with Crippen molar-refractivity contribution in [2.75, 3.05) is 17.7 Å². The van der Waals surface area contributed by atoms with Gasteiger partial charge in [0.25, 0.3) is 0 Å². The second-order valence-electron chi connectivity index (χ2n) is 4.11. The molecule has 9 heteroatoms. The van der Waals surface area contributed by atoms with Gasteiger partial charge in [0.15, 0.2) is 0 Å². The van der Waals surface area contributed by atoms with Crippen LogP contribution in [0.3, 0.4) is 0 Å². The highest BCUT2D eigenvalue weighted by atomic mass is 32.1. The van der Waals surface area contributed by atoms with E-state index in [1.165, 1.54) is 17.5 Å². The largest absolute Gasteiger partial charge is 0.357 e. The molecule has 2 aromatic heterocycles. The highest BCUT2D eigenvalue weighted by molar-refractivity contribution is 7.11. The van der Waals surface area contributed by atoms with Gasteiger partial charge in [0.1, 0.15) is 11.2 Å². The van der Waals surface area contributed by atoms with E-state index in [1.807, 2.05) is 13.8 Å². The monoisotopic (exact) mass is 294 g/mol. The molecule has 0 aromatic carbocycles. The lowest BCUT2D eigenvalue weighted by Crippen LogP contribution is -2.11. The van der Waals surface area contributed by atoms with Crippen LogP contribution in [-0.4, -0.2) is 26.9 Å². The number of hydrogen-bond acceptors (Lipinski definition) is 8. The van der Waals surface area contributed by atoms with Crippen LogP contribution < -0.4 is 10.6 Å². The zero-order valence-corrected chi connectivity index (χ0v) is 12.1. The van der Waals surface area contributed by atoms with Crippen molar-refractivity contribution in [3.05, 3.63) is 32.4 Å². The van der Waals surface area contributed by atoms with Gasteiger partial charge in [0, 0.05) is 18.1 Å². The van der Waals surface area contributed by atoms with Crippen molar-refractivity contribution in [3.63, 3.8) is 0 Å². The summed E-state index contributed by atoms with van der Waals surface area (Å²) in [7, 11) is 1.65. The van der Waals surface area contributed by atoms with E-state index in [9.17, 15) is 10.1 Å². The Morgan fingerprint density at radius 3 is 2.70 bits per heavy atom. The van der Waals surface area contributed by atoms with Crippen LogP contribution in [0.1, 0.15) is 22.9 Å². The number of nitrogens with zero attached hydrogens (tertiary/aromatic N) is 4. The predicted octanol–water partition coefficient (Wildman–Crippen LogP) is 2.36. The van der Waals surface area contributed by atoms with Crippen molar-refractivity contribution in [1.82, 2.24) is 15.0 Å². The summed E-state index contributed by atoms with van der Waals surface area (Å²) in [5, 5.41) is 17.6. The minimum absolute atomic E-state index is 0.163. The van der Waals surface area contributed by atoms with Gasteiger partial charge in [-0.1, -0.05) is 0 Å². The highest BCUT2D eigenvalue weighted by Crippen LogP contribution is 2.28. The first-order chi connectivity index (χ1) is 9.51. The molecule has 2 N–H and O–H groups in total. The number of nitrogens with one attached hydrogen (secondary N) is 2. The van der Waals surface area contributed by atoms with Crippen molar-refractivity contribution < 1.29 is 4.92 Å². The summed E-state index contributed by atoms with van der Waals surface area (Å²) in [5.74, 6) is 0.496. The van der Waals surface area contributed by atoms with E-state index in [-0.39, 0.29) is 17.5 Å². The number of hydrogen-bond donors (Lipinski definition) is 2. The molecule has 2 heterocycles. The minimum atomic E-state index is -0.512. The zero-order chi connectivity index (χ0) is 14.7. The van der Waals surface area contributed by atoms with Gasteiger partial charge in [0.05, 0.1) is 11.0 Å². The number of anilines is 2. The molecule has 0 amide bonds. The van der Waals surface area contributed by atoms with Gasteiger partial charge in [-0.2, -0.15) is 4.98 Å². The summed E-state index contributed by atoms with van der Waals surface area (Å²) >= 11 is 1.54. The van der Waals surface area contributed by atoms with E-state index in [1.54, 1.807) is 13.2 Å². The molecule has 0 spiro atoms. The van der Waals surface area contributed by atoms with Crippen molar-refractivity contribution in [3.8, 4) is 0 Å². The maximum atomic E-state index is 11.0. The van der Waals surface area contributed by atoms with Gasteiger partial charge >= 0.3 is 5.69 Å². The summed E-state index contributed by atoms with van der Waals surface area (Å²) in [6.07, 6.45) is 2.95. The fourth-order valence-electron chi connectivity index (χ4n) is 1.57. The van der Waals surface area contributed by atoms with Gasteiger partial charge in [-0.25, -0.2) is 9.97 Å². The smallest absolute Gasteiger partial charge is 0.329 e. The SMILES string of the molecule is CNc1ncc([N+](=O)[O-])c(NC(C)c2ncc(C)s2)n1. The van der Waals surface area contributed by atoms with Gasteiger partial charge in [-0.05, 0) is 13.8 Å². The molecule has 106 valence electrons. The lowest BCUT2D eigenvalue weighted by molar-refractivity contribution is -0.384. The Labute approximate surface area is 119 Å². The molecule has 0 saturated heterocycles. The Morgan fingerprint density at radius 2 is 2.15 bits per heavy atom. The molecular weight excluding hydrogens is 280 g/mol. The molecule has 0 saturated carbocycles. The number of thiazole rings is 1. The van der Waals surface area contributed by atoms with Crippen molar-refractivity contribution in [2.24, 2.45) is 0 Å². The standard InChI is InChI=1S/C11H14N6O2S/c1-6-4-13-10(20-6)7(2)15-9-8(17(18)19)5-14-11(12-3)16-9/h4-5,7H,1-3H3,(H2,12,14,15,16). The Morgan fingerprint density at radius 1 is 1.40 bits per heavy atom. The quantitative estimate of drug-likeness (QED) is 0.644. The second-order valence-corrected chi connectivity index (χ2v) is 5.38. The third kappa shape index (κ3) is 2.99. The fourth-order valence-corrected chi connectivity index (χ4v) is 2.35. The average molecular weight is 294 g/mol. The summed E-state index contributed by atoms with van der Waals surface area (Å²) in [4.78, 5) is 23.8. The average Bonchev–Trinajstić information content (AvgIpc) is 2.85. The summed E-state index contributed by atoms with van der Waals surface area (Å²) in [6, 6.07) is -0.174. The molecule has 0 aliphatic rings. The third-order valence-electron chi connectivity index (χ3n) is 2.55. The van der Waals surface area contributed by atoms with Crippen molar-refractivity contribution in [1.29, 1.82) is 0 Å². The fraction of sp³-hybridized carbons (Fsp3) is 0.364. The number of nitro groups is 1.